The molecule has 1 heterocycles. The van der Waals surface area contributed by atoms with E-state index in [0.717, 1.165) is 25.1 Å². The molecule has 1 atom stereocenters. The summed E-state index contributed by atoms with van der Waals surface area (Å²) in [7, 11) is 2.03. The minimum absolute atomic E-state index is 0.169. The predicted octanol–water partition coefficient (Wildman–Crippen LogP) is 2.24. The maximum Gasteiger partial charge on any atom is 0.130 e. The minimum atomic E-state index is 0.169. The molecular formula is C14H28N4. The Bertz CT molecular complexity index is 379. The first-order valence-electron chi connectivity index (χ1n) is 6.93. The lowest BCUT2D eigenvalue weighted by Crippen LogP contribution is -2.34. The molecule has 4 heteroatoms. The van der Waals surface area contributed by atoms with Crippen LogP contribution < -0.4 is 10.6 Å². The van der Waals surface area contributed by atoms with Crippen molar-refractivity contribution in [3.8, 4) is 0 Å². The van der Waals surface area contributed by atoms with Gasteiger partial charge in [-0.15, -0.1) is 0 Å². The van der Waals surface area contributed by atoms with E-state index in [1.54, 1.807) is 0 Å². The highest BCUT2D eigenvalue weighted by molar-refractivity contribution is 5.51. The minimum Gasteiger partial charge on any atom is -0.354 e. The highest BCUT2D eigenvalue weighted by Crippen LogP contribution is 2.26. The van der Waals surface area contributed by atoms with Crippen LogP contribution in [-0.2, 0) is 13.5 Å². The summed E-state index contributed by atoms with van der Waals surface area (Å²) in [4.78, 5) is 2.43. The van der Waals surface area contributed by atoms with Gasteiger partial charge in [0.05, 0.1) is 5.69 Å². The summed E-state index contributed by atoms with van der Waals surface area (Å²) < 4.78 is 2.00. The van der Waals surface area contributed by atoms with Crippen LogP contribution in [0.15, 0.2) is 0 Å². The van der Waals surface area contributed by atoms with E-state index in [4.69, 9.17) is 5.73 Å². The summed E-state index contributed by atoms with van der Waals surface area (Å²) in [6.45, 7) is 11.9. The van der Waals surface area contributed by atoms with E-state index in [2.05, 4.69) is 44.6 Å². The molecule has 0 fully saturated rings. The summed E-state index contributed by atoms with van der Waals surface area (Å²) in [6.07, 6.45) is 2.03. The third-order valence-electron chi connectivity index (χ3n) is 3.20. The Labute approximate surface area is 111 Å². The van der Waals surface area contributed by atoms with Crippen molar-refractivity contribution in [2.75, 3.05) is 11.4 Å². The number of anilines is 1. The highest BCUT2D eigenvalue weighted by atomic mass is 15.4. The third-order valence-corrected chi connectivity index (χ3v) is 3.20. The molecule has 1 unspecified atom stereocenters. The Kier molecular flexibility index (Phi) is 5.20. The number of hydrogen-bond donors (Lipinski definition) is 1. The van der Waals surface area contributed by atoms with Gasteiger partial charge in [-0.25, -0.2) is 0 Å². The molecule has 0 amide bonds. The first-order valence-corrected chi connectivity index (χ1v) is 6.93. The van der Waals surface area contributed by atoms with Crippen LogP contribution in [0.1, 0.15) is 45.4 Å². The zero-order valence-electron chi connectivity index (χ0n) is 12.7. The average molecular weight is 252 g/mol. The first kappa shape index (κ1) is 15.0. The molecule has 2 N–H and O–H groups in total. The van der Waals surface area contributed by atoms with Gasteiger partial charge in [0.2, 0.25) is 0 Å². The van der Waals surface area contributed by atoms with Crippen LogP contribution in [0.25, 0.3) is 0 Å². The van der Waals surface area contributed by atoms with E-state index in [0.29, 0.717) is 6.04 Å². The molecule has 0 saturated carbocycles. The van der Waals surface area contributed by atoms with Gasteiger partial charge in [-0.1, -0.05) is 6.92 Å². The summed E-state index contributed by atoms with van der Waals surface area (Å²) in [5, 5.41) is 4.57. The van der Waals surface area contributed by atoms with Crippen LogP contribution in [-0.4, -0.2) is 28.4 Å². The summed E-state index contributed by atoms with van der Waals surface area (Å²) in [5.74, 6) is 1.24. The second-order valence-corrected chi connectivity index (χ2v) is 5.48. The maximum atomic E-state index is 5.97. The quantitative estimate of drug-likeness (QED) is 0.844. The maximum absolute atomic E-state index is 5.97. The van der Waals surface area contributed by atoms with Crippen LogP contribution >= 0.6 is 0 Å². The van der Waals surface area contributed by atoms with E-state index in [1.165, 1.54) is 11.4 Å². The molecule has 0 aliphatic rings. The van der Waals surface area contributed by atoms with Gasteiger partial charge in [0.25, 0.3) is 0 Å². The second-order valence-electron chi connectivity index (χ2n) is 5.48. The van der Waals surface area contributed by atoms with Gasteiger partial charge in [0.15, 0.2) is 0 Å². The summed E-state index contributed by atoms with van der Waals surface area (Å²) in [5.41, 5.74) is 8.37. The van der Waals surface area contributed by atoms with Crippen molar-refractivity contribution in [1.82, 2.24) is 9.78 Å². The Morgan fingerprint density at radius 1 is 1.33 bits per heavy atom. The molecule has 0 aliphatic heterocycles. The van der Waals surface area contributed by atoms with Crippen LogP contribution in [0.3, 0.4) is 0 Å². The van der Waals surface area contributed by atoms with E-state index in [1.807, 2.05) is 11.7 Å². The summed E-state index contributed by atoms with van der Waals surface area (Å²) in [6, 6.07) is 0.647. The topological polar surface area (TPSA) is 47.1 Å². The van der Waals surface area contributed by atoms with Crippen molar-refractivity contribution in [3.63, 3.8) is 0 Å². The van der Waals surface area contributed by atoms with Gasteiger partial charge >= 0.3 is 0 Å². The van der Waals surface area contributed by atoms with Crippen molar-refractivity contribution in [1.29, 1.82) is 0 Å². The Hall–Kier alpha value is -1.03. The van der Waals surface area contributed by atoms with Crippen LogP contribution in [0.5, 0.6) is 0 Å². The molecular weight excluding hydrogens is 224 g/mol. The van der Waals surface area contributed by atoms with E-state index in [-0.39, 0.29) is 6.04 Å². The number of nitrogens with two attached hydrogens (primary N) is 1. The molecule has 0 aromatic carbocycles. The molecule has 0 aliphatic carbocycles. The van der Waals surface area contributed by atoms with Crippen LogP contribution in [0, 0.1) is 6.92 Å². The fourth-order valence-corrected chi connectivity index (χ4v) is 2.46. The lowest BCUT2D eigenvalue weighted by molar-refractivity contribution is 0.623. The average Bonchev–Trinajstić information content (AvgIpc) is 2.50. The number of aromatic nitrogens is 2. The molecule has 0 radical (unpaired) electrons. The lowest BCUT2D eigenvalue weighted by atomic mass is 10.1. The number of hydrogen-bond acceptors (Lipinski definition) is 3. The van der Waals surface area contributed by atoms with Gasteiger partial charge in [-0.05, 0) is 40.5 Å². The van der Waals surface area contributed by atoms with Crippen molar-refractivity contribution in [3.05, 3.63) is 11.3 Å². The lowest BCUT2D eigenvalue weighted by Gasteiger charge is -2.29. The fraction of sp³-hybridized carbons (Fsp3) is 0.786. The molecule has 4 nitrogen and oxygen atoms in total. The predicted molar refractivity (Wildman–Crippen MR) is 78.1 cm³/mol. The van der Waals surface area contributed by atoms with E-state index < -0.39 is 0 Å². The molecule has 1 aromatic heterocycles. The van der Waals surface area contributed by atoms with Gasteiger partial charge in [0, 0.05) is 31.2 Å². The van der Waals surface area contributed by atoms with Crippen molar-refractivity contribution in [2.45, 2.75) is 59.5 Å². The Morgan fingerprint density at radius 2 is 1.94 bits per heavy atom. The molecule has 0 bridgehead atoms. The largest absolute Gasteiger partial charge is 0.354 e. The number of nitrogens with zero attached hydrogens (tertiary/aromatic N) is 3. The zero-order valence-corrected chi connectivity index (χ0v) is 12.7. The summed E-state index contributed by atoms with van der Waals surface area (Å²) >= 11 is 0. The molecule has 1 rings (SSSR count). The van der Waals surface area contributed by atoms with Gasteiger partial charge in [-0.2, -0.15) is 5.10 Å². The fourth-order valence-electron chi connectivity index (χ4n) is 2.46. The zero-order chi connectivity index (χ0) is 13.9. The first-order chi connectivity index (χ1) is 8.38. The Morgan fingerprint density at radius 3 is 2.39 bits per heavy atom. The standard InChI is InChI=1S/C14H28N4/c1-7-8-18(10(2)3)14-13(9-11(4)15)12(5)16-17(14)6/h10-11H,7-9,15H2,1-6H3. The molecule has 0 spiro atoms. The molecule has 0 saturated heterocycles. The SMILES string of the molecule is CCCN(c1c(CC(C)N)c(C)nn1C)C(C)C. The van der Waals surface area contributed by atoms with Crippen LogP contribution in [0.2, 0.25) is 0 Å². The van der Waals surface area contributed by atoms with Gasteiger partial charge in [-0.3, -0.25) is 4.68 Å². The molecule has 104 valence electrons. The second kappa shape index (κ2) is 6.23. The molecule has 18 heavy (non-hydrogen) atoms. The number of rotatable bonds is 6. The molecule has 1 aromatic rings. The van der Waals surface area contributed by atoms with E-state index >= 15 is 0 Å². The van der Waals surface area contributed by atoms with E-state index in [9.17, 15) is 0 Å². The van der Waals surface area contributed by atoms with Crippen molar-refractivity contribution < 1.29 is 0 Å². The van der Waals surface area contributed by atoms with Gasteiger partial charge in [0.1, 0.15) is 5.82 Å². The number of aryl methyl sites for hydroxylation is 2. The normalized spacial score (nSPS) is 13.1. The van der Waals surface area contributed by atoms with Crippen molar-refractivity contribution in [2.24, 2.45) is 12.8 Å². The third kappa shape index (κ3) is 3.25. The van der Waals surface area contributed by atoms with Crippen molar-refractivity contribution >= 4 is 5.82 Å². The van der Waals surface area contributed by atoms with Crippen LogP contribution in [0.4, 0.5) is 5.82 Å². The highest BCUT2D eigenvalue weighted by Gasteiger charge is 2.21. The monoisotopic (exact) mass is 252 g/mol. The Balaban J connectivity index is 3.18. The smallest absolute Gasteiger partial charge is 0.130 e. The van der Waals surface area contributed by atoms with Gasteiger partial charge < -0.3 is 10.6 Å².